The summed E-state index contributed by atoms with van der Waals surface area (Å²) in [7, 11) is 0. The number of hydrogen-bond acceptors (Lipinski definition) is 18. The summed E-state index contributed by atoms with van der Waals surface area (Å²) in [6.07, 6.45) is -7.29. The Bertz CT molecular complexity index is 1730. The largest absolute Gasteiger partial charge is 0.504 e. The summed E-state index contributed by atoms with van der Waals surface area (Å²) < 4.78 is 21.3. The molecule has 18 nitrogen and oxygen atoms in total. The van der Waals surface area contributed by atoms with E-state index in [4.69, 9.17) is 24.7 Å². The van der Waals surface area contributed by atoms with Crippen LogP contribution in [0.15, 0.2) is 24.3 Å². The van der Waals surface area contributed by atoms with Gasteiger partial charge < -0.3 is 75.7 Å². The first-order valence-electron chi connectivity index (χ1n) is 12.6. The van der Waals surface area contributed by atoms with Gasteiger partial charge in [-0.15, -0.1) is 0 Å². The Morgan fingerprint density at radius 2 is 1.22 bits per heavy atom. The third-order valence-corrected chi connectivity index (χ3v) is 7.07. The third kappa shape index (κ3) is 5.07. The van der Waals surface area contributed by atoms with Crippen LogP contribution < -0.4 is 5.73 Å². The molecular weight excluding hydrogens is 610 g/mol. The molecule has 238 valence electrons. The first-order chi connectivity index (χ1) is 21.1. The second kappa shape index (κ2) is 11.0. The fourth-order valence-corrected chi connectivity index (χ4v) is 4.76. The molecule has 5 atom stereocenters. The fourth-order valence-electron chi connectivity index (χ4n) is 4.76. The molecule has 0 amide bonds. The second-order valence-electron chi connectivity index (χ2n) is 9.88. The molecule has 5 rings (SSSR count). The maximum Gasteiger partial charge on any atom is 0.340 e. The number of fused-ring (bicyclic) bond motifs is 4. The van der Waals surface area contributed by atoms with Crippen LogP contribution in [0.25, 0.3) is 11.1 Å². The van der Waals surface area contributed by atoms with Crippen LogP contribution in [0, 0.1) is 0 Å². The van der Waals surface area contributed by atoms with Gasteiger partial charge in [0.05, 0.1) is 22.7 Å². The highest BCUT2D eigenvalue weighted by molar-refractivity contribution is 6.08. The number of nitrogens with two attached hydrogens (primary N) is 1. The average Bonchev–Trinajstić information content (AvgIpc) is 3.01. The number of aliphatic hydroxyl groups is 1. The number of phenols is 9. The van der Waals surface area contributed by atoms with Gasteiger partial charge in [-0.1, -0.05) is 0 Å². The van der Waals surface area contributed by atoms with E-state index >= 15 is 0 Å². The van der Waals surface area contributed by atoms with E-state index in [1.807, 2.05) is 0 Å². The fraction of sp³-hybridized carbons (Fsp3) is 0.222. The first-order valence-corrected chi connectivity index (χ1v) is 12.6. The summed E-state index contributed by atoms with van der Waals surface area (Å²) in [6.45, 7) is -0.893. The predicted molar refractivity (Wildman–Crippen MR) is 141 cm³/mol. The molecule has 3 aromatic carbocycles. The Hall–Kier alpha value is -5.85. The normalized spacial score (nSPS) is 22.9. The van der Waals surface area contributed by atoms with Crippen LogP contribution in [0.1, 0.15) is 31.1 Å². The van der Waals surface area contributed by atoms with Crippen molar-refractivity contribution >= 4 is 17.9 Å². The lowest BCUT2D eigenvalue weighted by Gasteiger charge is -2.41. The number of ether oxygens (including phenoxy) is 4. The molecular formula is C27H23NO17. The molecule has 0 bridgehead atoms. The Morgan fingerprint density at radius 3 is 1.76 bits per heavy atom. The highest BCUT2D eigenvalue weighted by Crippen LogP contribution is 2.53. The lowest BCUT2D eigenvalue weighted by Crippen LogP contribution is -2.64. The van der Waals surface area contributed by atoms with Crippen molar-refractivity contribution in [2.75, 3.05) is 6.61 Å². The highest BCUT2D eigenvalue weighted by Gasteiger charge is 2.49. The van der Waals surface area contributed by atoms with Crippen molar-refractivity contribution in [3.05, 3.63) is 41.0 Å². The number of phenolic OH excluding ortho intramolecular Hbond substituents is 9. The van der Waals surface area contributed by atoms with Gasteiger partial charge in [-0.25, -0.2) is 14.4 Å². The lowest BCUT2D eigenvalue weighted by atomic mass is 9.92. The van der Waals surface area contributed by atoms with E-state index < -0.39 is 135 Å². The summed E-state index contributed by atoms with van der Waals surface area (Å²) in [5.74, 6) is -13.9. The van der Waals surface area contributed by atoms with Crippen molar-refractivity contribution in [3.63, 3.8) is 0 Å². The molecule has 1 saturated heterocycles. The highest BCUT2D eigenvalue weighted by atomic mass is 16.7. The van der Waals surface area contributed by atoms with Gasteiger partial charge in [-0.2, -0.15) is 0 Å². The van der Waals surface area contributed by atoms with E-state index in [1.165, 1.54) is 0 Å². The molecule has 0 radical (unpaired) electrons. The molecule has 1 fully saturated rings. The Kier molecular flexibility index (Phi) is 7.49. The number of aliphatic hydroxyl groups excluding tert-OH is 1. The van der Waals surface area contributed by atoms with Gasteiger partial charge in [0.2, 0.25) is 17.8 Å². The summed E-state index contributed by atoms with van der Waals surface area (Å²) >= 11 is 0. The number of carbonyl (C=O) groups is 3. The van der Waals surface area contributed by atoms with Crippen molar-refractivity contribution in [2.45, 2.75) is 30.6 Å². The zero-order chi connectivity index (χ0) is 33.1. The van der Waals surface area contributed by atoms with E-state index in [0.29, 0.717) is 12.1 Å². The summed E-state index contributed by atoms with van der Waals surface area (Å²) in [5.41, 5.74) is 2.19. The maximum atomic E-state index is 13.4. The molecule has 45 heavy (non-hydrogen) atoms. The van der Waals surface area contributed by atoms with Crippen molar-refractivity contribution in [1.29, 1.82) is 0 Å². The van der Waals surface area contributed by atoms with Crippen molar-refractivity contribution < 1.29 is 84.4 Å². The predicted octanol–water partition coefficient (Wildman–Crippen LogP) is -0.330. The zero-order valence-corrected chi connectivity index (χ0v) is 22.3. The van der Waals surface area contributed by atoms with Crippen LogP contribution in [0.4, 0.5) is 0 Å². The molecule has 0 aromatic heterocycles. The van der Waals surface area contributed by atoms with Crippen molar-refractivity contribution in [2.24, 2.45) is 5.73 Å². The van der Waals surface area contributed by atoms with Crippen molar-refractivity contribution in [3.8, 4) is 62.9 Å². The molecule has 18 heteroatoms. The molecule has 2 heterocycles. The zero-order valence-electron chi connectivity index (χ0n) is 22.3. The van der Waals surface area contributed by atoms with Crippen LogP contribution in [0.5, 0.6) is 51.7 Å². The Morgan fingerprint density at radius 1 is 0.733 bits per heavy atom. The number of benzene rings is 3. The van der Waals surface area contributed by atoms with Crippen LogP contribution in [0.2, 0.25) is 0 Å². The van der Waals surface area contributed by atoms with Gasteiger partial charge in [-0.3, -0.25) is 0 Å². The minimum absolute atomic E-state index is 0.491. The number of hydrogen-bond donors (Lipinski definition) is 11. The van der Waals surface area contributed by atoms with Gasteiger partial charge >= 0.3 is 17.9 Å². The minimum atomic E-state index is -1.95. The van der Waals surface area contributed by atoms with E-state index in [9.17, 15) is 65.4 Å². The number of rotatable bonds is 2. The second-order valence-corrected chi connectivity index (χ2v) is 9.88. The average molecular weight is 633 g/mol. The van der Waals surface area contributed by atoms with Gasteiger partial charge in [0.15, 0.2) is 46.4 Å². The van der Waals surface area contributed by atoms with Gasteiger partial charge in [0.25, 0.3) is 0 Å². The molecule has 0 saturated carbocycles. The monoisotopic (exact) mass is 633 g/mol. The smallest absolute Gasteiger partial charge is 0.340 e. The SMILES string of the molecule is N[C@H]1[C@H](OC(=O)c2cc(O)c(O)c(O)c2)O[C@@H]2COC(=O)c3cc(O)c(O)c(O)c3-c3c(cc(O)c(O)c3O)C(=O)O[C@H]2[C@@H]1O. The molecule has 0 aliphatic carbocycles. The van der Waals surface area contributed by atoms with E-state index in [-0.39, 0.29) is 0 Å². The molecule has 2 aliphatic heterocycles. The number of carbonyl (C=O) groups excluding carboxylic acids is 3. The van der Waals surface area contributed by atoms with Crippen LogP contribution in [-0.4, -0.2) is 106 Å². The number of cyclic esters (lactones) is 1. The molecule has 2 aliphatic rings. The van der Waals surface area contributed by atoms with Crippen LogP contribution >= 0.6 is 0 Å². The quantitative estimate of drug-likeness (QED) is 0.0977. The third-order valence-electron chi connectivity index (χ3n) is 7.07. The minimum Gasteiger partial charge on any atom is -0.504 e. The molecule has 0 unspecified atom stereocenters. The summed E-state index contributed by atoms with van der Waals surface area (Å²) in [5, 5.41) is 102. The van der Waals surface area contributed by atoms with E-state index in [0.717, 1.165) is 12.1 Å². The standard InChI is InChI=1S/C27H23NO17/c28-16-22(38)23-13(43-27(16)45-24(39)6-1-9(29)17(33)10(30)2-6)5-42-25(40)7-3-11(31)18(34)20(36)14(7)15-8(26(41)44-23)4-12(32)19(35)21(15)37/h1-4,13,16,22-23,27,29-38H,5,28H2/t13-,16-,22-,23-,27+/m1/s1. The molecule has 0 spiro atoms. The summed E-state index contributed by atoms with van der Waals surface area (Å²) in [6, 6.07) is 0.962. The van der Waals surface area contributed by atoms with E-state index in [2.05, 4.69) is 0 Å². The van der Waals surface area contributed by atoms with Crippen LogP contribution in [0.3, 0.4) is 0 Å². The topological polar surface area (TPSA) is 316 Å². The van der Waals surface area contributed by atoms with Gasteiger partial charge in [0.1, 0.15) is 18.8 Å². The van der Waals surface area contributed by atoms with E-state index in [1.54, 1.807) is 0 Å². The van der Waals surface area contributed by atoms with Crippen molar-refractivity contribution in [1.82, 2.24) is 0 Å². The Labute approximate surface area is 249 Å². The first kappa shape index (κ1) is 30.6. The number of esters is 3. The summed E-state index contributed by atoms with van der Waals surface area (Å²) in [4.78, 5) is 39.4. The molecule has 12 N–H and O–H groups in total. The molecule has 3 aromatic rings. The van der Waals surface area contributed by atoms with Gasteiger partial charge in [0, 0.05) is 11.1 Å². The van der Waals surface area contributed by atoms with Gasteiger partial charge in [-0.05, 0) is 24.3 Å². The maximum absolute atomic E-state index is 13.4. The van der Waals surface area contributed by atoms with Crippen LogP contribution in [-0.2, 0) is 18.9 Å². The Balaban J connectivity index is 1.57. The number of aromatic hydroxyl groups is 9. The lowest BCUT2D eigenvalue weighted by molar-refractivity contribution is -0.247.